The molecular formula is C16H18ClFN2O3. The van der Waals surface area contributed by atoms with Crippen molar-refractivity contribution in [3.63, 3.8) is 0 Å². The number of hydrogen-bond donors (Lipinski definition) is 0. The number of hydrogen-bond acceptors (Lipinski definition) is 3. The first-order chi connectivity index (χ1) is 11.1. The van der Waals surface area contributed by atoms with Gasteiger partial charge < -0.3 is 14.5 Å². The van der Waals surface area contributed by atoms with E-state index in [0.29, 0.717) is 24.5 Å². The zero-order valence-electron chi connectivity index (χ0n) is 12.6. The number of benzene rings is 1. The van der Waals surface area contributed by atoms with Gasteiger partial charge in [0.25, 0.3) is 17.4 Å². The first-order valence-corrected chi connectivity index (χ1v) is 8.15. The van der Waals surface area contributed by atoms with Gasteiger partial charge in [0.15, 0.2) is 6.10 Å². The number of rotatable bonds is 2. The second-order valence-electron chi connectivity index (χ2n) is 5.71. The largest absolute Gasteiger partial charge is 0.476 e. The fourth-order valence-corrected chi connectivity index (χ4v) is 3.13. The van der Waals surface area contributed by atoms with E-state index in [0.717, 1.165) is 19.3 Å². The van der Waals surface area contributed by atoms with E-state index in [4.69, 9.17) is 16.3 Å². The van der Waals surface area contributed by atoms with Gasteiger partial charge in [0.1, 0.15) is 5.75 Å². The number of halogens is 2. The van der Waals surface area contributed by atoms with Crippen LogP contribution in [0.3, 0.4) is 0 Å². The molecule has 1 aromatic rings. The topological polar surface area (TPSA) is 49.9 Å². The number of amides is 2. The van der Waals surface area contributed by atoms with Crippen molar-refractivity contribution in [1.82, 2.24) is 4.90 Å². The Labute approximate surface area is 138 Å². The SMILES string of the molecule is O=C(C1CN(C(=O)C(F)Cl)c2ccccc2O1)N1CCCCC1. The first kappa shape index (κ1) is 16.1. The molecule has 2 unspecified atom stereocenters. The van der Waals surface area contributed by atoms with Crippen molar-refractivity contribution >= 4 is 29.1 Å². The minimum Gasteiger partial charge on any atom is -0.476 e. The molecule has 2 aliphatic rings. The molecule has 2 atom stereocenters. The zero-order valence-corrected chi connectivity index (χ0v) is 13.3. The Balaban J connectivity index is 1.84. The van der Waals surface area contributed by atoms with Crippen molar-refractivity contribution in [1.29, 1.82) is 0 Å². The zero-order chi connectivity index (χ0) is 16.4. The maximum Gasteiger partial charge on any atom is 0.277 e. The summed E-state index contributed by atoms with van der Waals surface area (Å²) in [5.41, 5.74) is -1.71. The van der Waals surface area contributed by atoms with E-state index in [2.05, 4.69) is 0 Å². The maximum atomic E-state index is 13.3. The van der Waals surface area contributed by atoms with Crippen LogP contribution in [-0.2, 0) is 9.59 Å². The third-order valence-electron chi connectivity index (χ3n) is 4.17. The predicted molar refractivity (Wildman–Crippen MR) is 84.4 cm³/mol. The highest BCUT2D eigenvalue weighted by Gasteiger charge is 2.37. The number of alkyl halides is 2. The Morgan fingerprint density at radius 2 is 1.91 bits per heavy atom. The van der Waals surface area contributed by atoms with E-state index in [1.54, 1.807) is 29.2 Å². The molecule has 0 radical (unpaired) electrons. The van der Waals surface area contributed by atoms with Crippen LogP contribution in [0.25, 0.3) is 0 Å². The molecule has 2 heterocycles. The molecule has 3 rings (SSSR count). The summed E-state index contributed by atoms with van der Waals surface area (Å²) in [6, 6.07) is 6.76. The molecule has 0 aromatic heterocycles. The van der Waals surface area contributed by atoms with Gasteiger partial charge in [0.05, 0.1) is 12.2 Å². The van der Waals surface area contributed by atoms with Gasteiger partial charge in [-0.1, -0.05) is 23.7 Å². The van der Waals surface area contributed by atoms with Crippen LogP contribution in [0.15, 0.2) is 24.3 Å². The van der Waals surface area contributed by atoms with Gasteiger partial charge in [-0.2, -0.15) is 0 Å². The van der Waals surface area contributed by atoms with Crippen molar-refractivity contribution in [2.45, 2.75) is 31.0 Å². The molecule has 0 N–H and O–H groups in total. The normalized spacial score (nSPS) is 22.1. The lowest BCUT2D eigenvalue weighted by Crippen LogP contribution is -2.53. The number of ether oxygens (including phenoxy) is 1. The smallest absolute Gasteiger partial charge is 0.277 e. The predicted octanol–water partition coefficient (Wildman–Crippen LogP) is 2.33. The van der Waals surface area contributed by atoms with Crippen LogP contribution >= 0.6 is 11.6 Å². The fourth-order valence-electron chi connectivity index (χ4n) is 3.01. The van der Waals surface area contributed by atoms with Gasteiger partial charge in [-0.25, -0.2) is 4.39 Å². The molecule has 1 fully saturated rings. The van der Waals surface area contributed by atoms with Crippen molar-refractivity contribution in [3.8, 4) is 5.75 Å². The lowest BCUT2D eigenvalue weighted by Gasteiger charge is -2.37. The minimum atomic E-state index is -2.15. The Morgan fingerprint density at radius 1 is 1.22 bits per heavy atom. The summed E-state index contributed by atoms with van der Waals surface area (Å²) < 4.78 is 19.1. The van der Waals surface area contributed by atoms with Crippen LogP contribution in [0.5, 0.6) is 5.75 Å². The van der Waals surface area contributed by atoms with Crippen LogP contribution in [0.2, 0.25) is 0 Å². The number of carbonyl (C=O) groups is 2. The van der Waals surface area contributed by atoms with E-state index in [1.165, 1.54) is 4.90 Å². The van der Waals surface area contributed by atoms with Crippen LogP contribution in [-0.4, -0.2) is 48.1 Å². The van der Waals surface area contributed by atoms with Crippen molar-refractivity contribution in [2.24, 2.45) is 0 Å². The number of likely N-dealkylation sites (tertiary alicyclic amines) is 1. The standard InChI is InChI=1S/C16H18ClFN2O3/c17-14(18)16(22)20-10-13(15(21)19-8-4-1-5-9-19)23-12-7-3-2-6-11(12)20/h2-3,6-7,13-14H,1,4-5,8-10H2. The Bertz CT molecular complexity index is 605. The molecule has 0 bridgehead atoms. The molecule has 23 heavy (non-hydrogen) atoms. The van der Waals surface area contributed by atoms with Gasteiger partial charge in [0.2, 0.25) is 0 Å². The number of piperidine rings is 1. The van der Waals surface area contributed by atoms with E-state index in [-0.39, 0.29) is 12.5 Å². The average Bonchev–Trinajstić information content (AvgIpc) is 2.60. The molecule has 7 heteroatoms. The Hall–Kier alpha value is -1.82. The molecular weight excluding hydrogens is 323 g/mol. The highest BCUT2D eigenvalue weighted by molar-refractivity contribution is 6.31. The summed E-state index contributed by atoms with van der Waals surface area (Å²) in [5, 5.41) is 0. The molecule has 0 aliphatic carbocycles. The van der Waals surface area contributed by atoms with Gasteiger partial charge in [0, 0.05) is 13.1 Å². The molecule has 1 saturated heterocycles. The Morgan fingerprint density at radius 3 is 2.61 bits per heavy atom. The van der Waals surface area contributed by atoms with Gasteiger partial charge >= 0.3 is 0 Å². The second-order valence-corrected chi connectivity index (χ2v) is 6.09. The molecule has 0 spiro atoms. The van der Waals surface area contributed by atoms with Crippen molar-refractivity contribution in [3.05, 3.63) is 24.3 Å². The van der Waals surface area contributed by atoms with E-state index in [9.17, 15) is 14.0 Å². The summed E-state index contributed by atoms with van der Waals surface area (Å²) >= 11 is 5.31. The van der Waals surface area contributed by atoms with Crippen LogP contribution in [0.1, 0.15) is 19.3 Å². The Kier molecular flexibility index (Phi) is 4.71. The lowest BCUT2D eigenvalue weighted by molar-refractivity contribution is -0.139. The fraction of sp³-hybridized carbons (Fsp3) is 0.500. The molecule has 1 aromatic carbocycles. The van der Waals surface area contributed by atoms with E-state index < -0.39 is 17.6 Å². The van der Waals surface area contributed by atoms with Crippen molar-refractivity contribution < 1.29 is 18.7 Å². The summed E-state index contributed by atoms with van der Waals surface area (Å²) in [4.78, 5) is 27.6. The summed E-state index contributed by atoms with van der Waals surface area (Å²) in [6.45, 7) is 1.35. The number of para-hydroxylation sites is 2. The average molecular weight is 341 g/mol. The van der Waals surface area contributed by atoms with E-state index >= 15 is 0 Å². The number of anilines is 1. The maximum absolute atomic E-state index is 13.3. The summed E-state index contributed by atoms with van der Waals surface area (Å²) in [6.07, 6.45) is 2.21. The quantitative estimate of drug-likeness (QED) is 0.776. The van der Waals surface area contributed by atoms with Gasteiger partial charge in [-0.05, 0) is 31.4 Å². The van der Waals surface area contributed by atoms with Crippen LogP contribution < -0.4 is 9.64 Å². The lowest BCUT2D eigenvalue weighted by atomic mass is 10.1. The second kappa shape index (κ2) is 6.74. The number of carbonyl (C=O) groups excluding carboxylic acids is 2. The van der Waals surface area contributed by atoms with Crippen molar-refractivity contribution in [2.75, 3.05) is 24.5 Å². The van der Waals surface area contributed by atoms with Crippen LogP contribution in [0.4, 0.5) is 10.1 Å². The molecule has 0 saturated carbocycles. The van der Waals surface area contributed by atoms with E-state index in [1.807, 2.05) is 0 Å². The first-order valence-electron chi connectivity index (χ1n) is 7.72. The third-order valence-corrected chi connectivity index (χ3v) is 4.36. The highest BCUT2D eigenvalue weighted by Crippen LogP contribution is 2.34. The molecule has 2 amide bonds. The molecule has 124 valence electrons. The molecule has 5 nitrogen and oxygen atoms in total. The summed E-state index contributed by atoms with van der Waals surface area (Å²) in [7, 11) is 0. The number of fused-ring (bicyclic) bond motifs is 1. The third kappa shape index (κ3) is 3.27. The highest BCUT2D eigenvalue weighted by atomic mass is 35.5. The molecule has 2 aliphatic heterocycles. The monoisotopic (exact) mass is 340 g/mol. The minimum absolute atomic E-state index is 0.0294. The van der Waals surface area contributed by atoms with Gasteiger partial charge in [-0.3, -0.25) is 9.59 Å². The van der Waals surface area contributed by atoms with Gasteiger partial charge in [-0.15, -0.1) is 0 Å². The van der Waals surface area contributed by atoms with Crippen LogP contribution in [0, 0.1) is 0 Å². The summed E-state index contributed by atoms with van der Waals surface area (Å²) in [5.74, 6) is -0.652. The number of nitrogens with zero attached hydrogens (tertiary/aromatic N) is 2.